The lowest BCUT2D eigenvalue weighted by Gasteiger charge is -2.36. The molecule has 4 nitrogen and oxygen atoms in total. The molecule has 0 bridgehead atoms. The first kappa shape index (κ1) is 16.0. The molecule has 0 aliphatic carbocycles. The number of nitrogens with zero attached hydrogens (tertiary/aromatic N) is 2. The molecule has 0 aromatic heterocycles. The lowest BCUT2D eigenvalue weighted by molar-refractivity contribution is 0.208. The third-order valence-corrected chi connectivity index (χ3v) is 4.51. The second-order valence-corrected chi connectivity index (χ2v) is 6.15. The molecule has 2 amide bonds. The second kappa shape index (κ2) is 7.11. The van der Waals surface area contributed by atoms with Crippen molar-refractivity contribution in [3.8, 4) is 0 Å². The van der Waals surface area contributed by atoms with Gasteiger partial charge in [-0.15, -0.1) is 0 Å². The molecule has 0 atom stereocenters. The third kappa shape index (κ3) is 3.71. The van der Waals surface area contributed by atoms with Gasteiger partial charge in [-0.05, 0) is 24.3 Å². The molecule has 23 heavy (non-hydrogen) atoms. The number of urea groups is 1. The van der Waals surface area contributed by atoms with Gasteiger partial charge >= 0.3 is 6.03 Å². The molecular formula is C17H17Cl2N3O. The van der Waals surface area contributed by atoms with E-state index in [-0.39, 0.29) is 6.03 Å². The highest BCUT2D eigenvalue weighted by Crippen LogP contribution is 2.30. The van der Waals surface area contributed by atoms with Crippen molar-refractivity contribution in [2.24, 2.45) is 0 Å². The summed E-state index contributed by atoms with van der Waals surface area (Å²) in [5.74, 6) is 0. The summed E-state index contributed by atoms with van der Waals surface area (Å²) in [5.41, 5.74) is 1.65. The van der Waals surface area contributed by atoms with Crippen molar-refractivity contribution in [2.75, 3.05) is 36.4 Å². The molecule has 1 N–H and O–H groups in total. The van der Waals surface area contributed by atoms with Gasteiger partial charge in [0.05, 0.1) is 15.7 Å². The van der Waals surface area contributed by atoms with Gasteiger partial charge in [0.2, 0.25) is 0 Å². The summed E-state index contributed by atoms with van der Waals surface area (Å²) in [6.07, 6.45) is 0. The van der Waals surface area contributed by atoms with Crippen LogP contribution in [0.15, 0.2) is 48.5 Å². The number of rotatable bonds is 2. The minimum Gasteiger partial charge on any atom is -0.368 e. The Hall–Kier alpha value is -1.91. The first-order valence-electron chi connectivity index (χ1n) is 7.45. The van der Waals surface area contributed by atoms with Crippen molar-refractivity contribution >= 4 is 40.6 Å². The Bertz CT molecular complexity index is 665. The van der Waals surface area contributed by atoms with Crippen LogP contribution in [0.1, 0.15) is 0 Å². The minimum atomic E-state index is -0.173. The van der Waals surface area contributed by atoms with E-state index in [0.717, 1.165) is 13.1 Å². The third-order valence-electron chi connectivity index (χ3n) is 3.88. The lowest BCUT2D eigenvalue weighted by atomic mass is 10.2. The molecular weight excluding hydrogens is 333 g/mol. The van der Waals surface area contributed by atoms with E-state index in [1.54, 1.807) is 23.1 Å². The molecule has 0 spiro atoms. The first-order valence-corrected chi connectivity index (χ1v) is 8.20. The molecule has 1 aliphatic heterocycles. The van der Waals surface area contributed by atoms with Crippen LogP contribution in [0, 0.1) is 0 Å². The Kier molecular flexibility index (Phi) is 4.94. The average Bonchev–Trinajstić information content (AvgIpc) is 2.59. The highest BCUT2D eigenvalue weighted by Gasteiger charge is 2.22. The van der Waals surface area contributed by atoms with E-state index < -0.39 is 0 Å². The number of halogens is 2. The van der Waals surface area contributed by atoms with Crippen LogP contribution in [0.5, 0.6) is 0 Å². The van der Waals surface area contributed by atoms with Gasteiger partial charge in [-0.1, -0.05) is 47.5 Å². The number of piperazine rings is 1. The maximum Gasteiger partial charge on any atom is 0.322 e. The number of hydrogen-bond acceptors (Lipinski definition) is 2. The van der Waals surface area contributed by atoms with Gasteiger partial charge in [0.1, 0.15) is 0 Å². The molecule has 120 valence electrons. The second-order valence-electron chi connectivity index (χ2n) is 5.34. The summed E-state index contributed by atoms with van der Waals surface area (Å²) in [6, 6.07) is 15.2. The van der Waals surface area contributed by atoms with E-state index >= 15 is 0 Å². The predicted octanol–water partition coefficient (Wildman–Crippen LogP) is 4.35. The Morgan fingerprint density at radius 1 is 0.870 bits per heavy atom. The van der Waals surface area contributed by atoms with E-state index in [1.807, 2.05) is 18.2 Å². The van der Waals surface area contributed by atoms with Crippen molar-refractivity contribution in [3.05, 3.63) is 58.6 Å². The summed E-state index contributed by atoms with van der Waals surface area (Å²) < 4.78 is 0. The maximum absolute atomic E-state index is 12.4. The van der Waals surface area contributed by atoms with Crippen molar-refractivity contribution in [2.45, 2.75) is 0 Å². The van der Waals surface area contributed by atoms with Gasteiger partial charge in [0.15, 0.2) is 0 Å². The molecule has 2 aromatic rings. The van der Waals surface area contributed by atoms with E-state index in [4.69, 9.17) is 23.2 Å². The van der Waals surface area contributed by atoms with E-state index in [9.17, 15) is 4.79 Å². The summed E-state index contributed by atoms with van der Waals surface area (Å²) in [6.45, 7) is 2.91. The lowest BCUT2D eigenvalue weighted by Crippen LogP contribution is -2.50. The average molecular weight is 350 g/mol. The number of hydrogen-bond donors (Lipinski definition) is 1. The largest absolute Gasteiger partial charge is 0.368 e. The van der Waals surface area contributed by atoms with Gasteiger partial charge < -0.3 is 15.1 Å². The number of para-hydroxylation sites is 2. The molecule has 1 fully saturated rings. The highest BCUT2D eigenvalue weighted by atomic mass is 35.5. The van der Waals surface area contributed by atoms with Crippen LogP contribution in [0.3, 0.4) is 0 Å². The van der Waals surface area contributed by atoms with Crippen molar-refractivity contribution in [1.82, 2.24) is 4.90 Å². The molecule has 1 heterocycles. The van der Waals surface area contributed by atoms with Crippen LogP contribution >= 0.6 is 23.2 Å². The molecule has 2 aromatic carbocycles. The maximum atomic E-state index is 12.4. The Morgan fingerprint density at radius 2 is 1.48 bits per heavy atom. The van der Waals surface area contributed by atoms with Crippen molar-refractivity contribution in [1.29, 1.82) is 0 Å². The summed E-state index contributed by atoms with van der Waals surface area (Å²) >= 11 is 12.2. The summed E-state index contributed by atoms with van der Waals surface area (Å²) in [4.78, 5) is 16.4. The topological polar surface area (TPSA) is 35.6 Å². The zero-order valence-electron chi connectivity index (χ0n) is 12.5. The standard InChI is InChI=1S/C17H17Cl2N3O/c18-14-7-4-8-15(19)16(14)20-17(23)22-11-9-21(10-12-22)13-5-2-1-3-6-13/h1-8H,9-12H2,(H,20,23). The normalized spacial score (nSPS) is 14.7. The van der Waals surface area contributed by atoms with Gasteiger partial charge in [-0.25, -0.2) is 4.79 Å². The first-order chi connectivity index (χ1) is 11.1. The molecule has 0 saturated carbocycles. The number of benzene rings is 2. The molecule has 6 heteroatoms. The van der Waals surface area contributed by atoms with Gasteiger partial charge in [0, 0.05) is 31.9 Å². The van der Waals surface area contributed by atoms with Crippen LogP contribution in [0.25, 0.3) is 0 Å². The number of carbonyl (C=O) groups excluding carboxylic acids is 1. The molecule has 0 radical (unpaired) electrons. The molecule has 0 unspecified atom stereocenters. The Morgan fingerprint density at radius 3 is 2.09 bits per heavy atom. The molecule has 3 rings (SSSR count). The van der Waals surface area contributed by atoms with Crippen LogP contribution < -0.4 is 10.2 Å². The quantitative estimate of drug-likeness (QED) is 0.874. The van der Waals surface area contributed by atoms with Crippen LogP contribution in [-0.4, -0.2) is 37.1 Å². The summed E-state index contributed by atoms with van der Waals surface area (Å²) in [5, 5.41) is 3.68. The van der Waals surface area contributed by atoms with E-state index in [2.05, 4.69) is 22.3 Å². The fourth-order valence-corrected chi connectivity index (χ4v) is 3.10. The predicted molar refractivity (Wildman–Crippen MR) is 95.7 cm³/mol. The number of nitrogens with one attached hydrogen (secondary N) is 1. The van der Waals surface area contributed by atoms with E-state index in [1.165, 1.54) is 5.69 Å². The number of carbonyl (C=O) groups is 1. The fraction of sp³-hybridized carbons (Fsp3) is 0.235. The van der Waals surface area contributed by atoms with E-state index in [0.29, 0.717) is 28.8 Å². The highest BCUT2D eigenvalue weighted by molar-refractivity contribution is 6.39. The van der Waals surface area contributed by atoms with Crippen LogP contribution in [0.2, 0.25) is 10.0 Å². The van der Waals surface area contributed by atoms with Gasteiger partial charge in [-0.3, -0.25) is 0 Å². The van der Waals surface area contributed by atoms with Crippen molar-refractivity contribution < 1.29 is 4.79 Å². The van der Waals surface area contributed by atoms with Gasteiger partial charge in [0.25, 0.3) is 0 Å². The number of anilines is 2. The SMILES string of the molecule is O=C(Nc1c(Cl)cccc1Cl)N1CCN(c2ccccc2)CC1. The monoisotopic (exact) mass is 349 g/mol. The summed E-state index contributed by atoms with van der Waals surface area (Å²) in [7, 11) is 0. The zero-order chi connectivity index (χ0) is 16.2. The number of amides is 2. The minimum absolute atomic E-state index is 0.173. The Balaban J connectivity index is 1.60. The Labute approximate surface area is 145 Å². The molecule has 1 saturated heterocycles. The fourth-order valence-electron chi connectivity index (χ4n) is 2.61. The van der Waals surface area contributed by atoms with Crippen molar-refractivity contribution in [3.63, 3.8) is 0 Å². The molecule has 1 aliphatic rings. The van der Waals surface area contributed by atoms with Gasteiger partial charge in [-0.2, -0.15) is 0 Å². The van der Waals surface area contributed by atoms with Crippen LogP contribution in [-0.2, 0) is 0 Å². The smallest absolute Gasteiger partial charge is 0.322 e. The zero-order valence-corrected chi connectivity index (χ0v) is 14.0. The van der Waals surface area contributed by atoms with Crippen LogP contribution in [0.4, 0.5) is 16.2 Å².